The van der Waals surface area contributed by atoms with Gasteiger partial charge in [0.25, 0.3) is 0 Å². The second-order valence-corrected chi connectivity index (χ2v) is 3.86. The molecule has 0 radical (unpaired) electrons. The fourth-order valence-electron chi connectivity index (χ4n) is 1.41. The van der Waals surface area contributed by atoms with Gasteiger partial charge >= 0.3 is 0 Å². The number of aliphatic imine (C=N–C) groups is 1. The Morgan fingerprint density at radius 2 is 1.94 bits per heavy atom. The van der Waals surface area contributed by atoms with Crippen LogP contribution in [0.4, 0.5) is 0 Å². The van der Waals surface area contributed by atoms with Gasteiger partial charge in [-0.15, -0.1) is 0 Å². The van der Waals surface area contributed by atoms with Crippen molar-refractivity contribution in [1.29, 1.82) is 0 Å². The minimum atomic E-state index is -0.703. The van der Waals surface area contributed by atoms with Crippen molar-refractivity contribution in [3.8, 4) is 0 Å². The van der Waals surface area contributed by atoms with Gasteiger partial charge in [0.15, 0.2) is 5.96 Å². The number of ether oxygens (including phenoxy) is 1. The molecule has 0 saturated carbocycles. The molecule has 1 unspecified atom stereocenters. The first-order valence-corrected chi connectivity index (χ1v) is 5.73. The zero-order chi connectivity index (χ0) is 13.4. The molecule has 6 heteroatoms. The molecule has 0 spiro atoms. The zero-order valence-electron chi connectivity index (χ0n) is 10.2. The molecule has 6 nitrogen and oxygen atoms in total. The van der Waals surface area contributed by atoms with E-state index >= 15 is 0 Å². The van der Waals surface area contributed by atoms with E-state index in [1.165, 1.54) is 0 Å². The molecular weight excluding hydrogens is 232 g/mol. The van der Waals surface area contributed by atoms with Crippen LogP contribution >= 0.6 is 0 Å². The van der Waals surface area contributed by atoms with Gasteiger partial charge in [-0.3, -0.25) is 4.99 Å². The summed E-state index contributed by atoms with van der Waals surface area (Å²) in [7, 11) is 0. The van der Waals surface area contributed by atoms with Crippen LogP contribution in [0.2, 0.25) is 0 Å². The summed E-state index contributed by atoms with van der Waals surface area (Å²) in [5.74, 6) is -0.0270. The molecule has 1 aromatic carbocycles. The largest absolute Gasteiger partial charge is 0.386 e. The smallest absolute Gasteiger partial charge is 0.186 e. The van der Waals surface area contributed by atoms with Crippen LogP contribution in [0.5, 0.6) is 0 Å². The Morgan fingerprint density at radius 3 is 2.50 bits per heavy atom. The fourth-order valence-corrected chi connectivity index (χ4v) is 1.41. The van der Waals surface area contributed by atoms with Crippen molar-refractivity contribution in [3.63, 3.8) is 0 Å². The number of hydrogen-bond donors (Lipinski definition) is 4. The van der Waals surface area contributed by atoms with Gasteiger partial charge in [-0.05, 0) is 11.1 Å². The molecule has 0 fully saturated rings. The number of nitrogens with two attached hydrogens (primary N) is 3. The van der Waals surface area contributed by atoms with E-state index in [-0.39, 0.29) is 12.5 Å². The first-order chi connectivity index (χ1) is 8.63. The summed E-state index contributed by atoms with van der Waals surface area (Å²) in [6.45, 7) is 1.72. The van der Waals surface area contributed by atoms with Gasteiger partial charge in [-0.2, -0.15) is 0 Å². The van der Waals surface area contributed by atoms with Crippen LogP contribution in [0, 0.1) is 0 Å². The number of nitrogens with zero attached hydrogens (tertiary/aromatic N) is 1. The molecule has 0 aromatic heterocycles. The van der Waals surface area contributed by atoms with Crippen molar-refractivity contribution < 1.29 is 9.84 Å². The monoisotopic (exact) mass is 252 g/mol. The van der Waals surface area contributed by atoms with E-state index in [9.17, 15) is 5.11 Å². The molecule has 0 amide bonds. The molecule has 1 rings (SSSR count). The van der Waals surface area contributed by atoms with E-state index in [1.807, 2.05) is 24.3 Å². The molecule has 18 heavy (non-hydrogen) atoms. The number of hydrogen-bond acceptors (Lipinski definition) is 4. The molecular formula is C12H20N4O2. The van der Waals surface area contributed by atoms with Crippen LogP contribution in [0.3, 0.4) is 0 Å². The second kappa shape index (κ2) is 7.65. The van der Waals surface area contributed by atoms with Crippen molar-refractivity contribution in [3.05, 3.63) is 35.4 Å². The molecule has 7 N–H and O–H groups in total. The number of aliphatic hydroxyl groups excluding tert-OH is 1. The predicted molar refractivity (Wildman–Crippen MR) is 70.8 cm³/mol. The van der Waals surface area contributed by atoms with Gasteiger partial charge < -0.3 is 27.0 Å². The summed E-state index contributed by atoms with van der Waals surface area (Å²) in [4.78, 5) is 3.77. The molecule has 1 atom stereocenters. The molecule has 0 aliphatic carbocycles. The van der Waals surface area contributed by atoms with Gasteiger partial charge in [-0.25, -0.2) is 0 Å². The van der Waals surface area contributed by atoms with Crippen LogP contribution < -0.4 is 17.2 Å². The van der Waals surface area contributed by atoms with Crippen LogP contribution in [0.15, 0.2) is 29.3 Å². The average Bonchev–Trinajstić information content (AvgIpc) is 2.37. The lowest BCUT2D eigenvalue weighted by Crippen LogP contribution is -2.23. The third-order valence-electron chi connectivity index (χ3n) is 2.34. The van der Waals surface area contributed by atoms with Gasteiger partial charge in [-0.1, -0.05) is 24.3 Å². The predicted octanol–water partition coefficient (Wildman–Crippen LogP) is -0.531. The van der Waals surface area contributed by atoms with Crippen LogP contribution in [0.1, 0.15) is 17.2 Å². The fraction of sp³-hybridized carbons (Fsp3) is 0.417. The highest BCUT2D eigenvalue weighted by molar-refractivity contribution is 5.75. The van der Waals surface area contributed by atoms with Crippen molar-refractivity contribution in [2.45, 2.75) is 12.7 Å². The average molecular weight is 252 g/mol. The number of rotatable bonds is 7. The summed E-state index contributed by atoms with van der Waals surface area (Å²) >= 11 is 0. The molecule has 0 bridgehead atoms. The van der Waals surface area contributed by atoms with Gasteiger partial charge in [0.2, 0.25) is 0 Å². The molecule has 0 aliphatic rings. The summed E-state index contributed by atoms with van der Waals surface area (Å²) in [5, 5.41) is 9.81. The Morgan fingerprint density at radius 1 is 1.28 bits per heavy atom. The number of aliphatic hydroxyl groups is 1. The van der Waals surface area contributed by atoms with E-state index in [0.29, 0.717) is 19.8 Å². The molecule has 0 heterocycles. The maximum atomic E-state index is 9.81. The maximum Gasteiger partial charge on any atom is 0.186 e. The van der Waals surface area contributed by atoms with Gasteiger partial charge in [0.1, 0.15) is 0 Å². The minimum Gasteiger partial charge on any atom is -0.386 e. The normalized spacial score (nSPS) is 12.1. The van der Waals surface area contributed by atoms with E-state index < -0.39 is 6.10 Å². The summed E-state index contributed by atoms with van der Waals surface area (Å²) in [6.07, 6.45) is -0.703. The third kappa shape index (κ3) is 5.13. The summed E-state index contributed by atoms with van der Waals surface area (Å²) < 4.78 is 5.31. The van der Waals surface area contributed by atoms with Crippen molar-refractivity contribution >= 4 is 5.96 Å². The number of guanidine groups is 1. The Bertz CT molecular complexity index is 374. The van der Waals surface area contributed by atoms with Crippen LogP contribution in [0.25, 0.3) is 0 Å². The van der Waals surface area contributed by atoms with Gasteiger partial charge in [0.05, 0.1) is 25.9 Å². The van der Waals surface area contributed by atoms with Crippen molar-refractivity contribution in [2.24, 2.45) is 22.2 Å². The van der Waals surface area contributed by atoms with Crippen molar-refractivity contribution in [2.75, 3.05) is 19.7 Å². The van der Waals surface area contributed by atoms with E-state index in [1.54, 1.807) is 0 Å². The second-order valence-electron chi connectivity index (χ2n) is 3.86. The lowest BCUT2D eigenvalue weighted by atomic mass is 10.1. The minimum absolute atomic E-state index is 0.0270. The highest BCUT2D eigenvalue weighted by Gasteiger charge is 2.06. The summed E-state index contributed by atoms with van der Waals surface area (Å²) in [5.41, 5.74) is 17.5. The highest BCUT2D eigenvalue weighted by atomic mass is 16.5. The van der Waals surface area contributed by atoms with Crippen LogP contribution in [-0.4, -0.2) is 30.8 Å². The lowest BCUT2D eigenvalue weighted by molar-refractivity contribution is 0.128. The standard InChI is InChI=1S/C12H20N4O2/c13-5-6-18-8-9-1-3-10(4-2-9)11(17)7-16-12(14)15/h1-4,11,17H,5-8,13H2,(H4,14,15,16). The number of benzene rings is 1. The Labute approximate surface area is 106 Å². The van der Waals surface area contributed by atoms with E-state index in [4.69, 9.17) is 21.9 Å². The van der Waals surface area contributed by atoms with E-state index in [2.05, 4.69) is 4.99 Å². The Kier molecular flexibility index (Phi) is 6.13. The molecule has 1 aromatic rings. The first-order valence-electron chi connectivity index (χ1n) is 5.73. The molecule has 0 saturated heterocycles. The molecule has 0 aliphatic heterocycles. The third-order valence-corrected chi connectivity index (χ3v) is 2.34. The lowest BCUT2D eigenvalue weighted by Gasteiger charge is -2.09. The quantitative estimate of drug-likeness (QED) is 0.295. The zero-order valence-corrected chi connectivity index (χ0v) is 10.2. The maximum absolute atomic E-state index is 9.81. The van der Waals surface area contributed by atoms with Gasteiger partial charge in [0, 0.05) is 6.54 Å². The van der Waals surface area contributed by atoms with E-state index in [0.717, 1.165) is 11.1 Å². The van der Waals surface area contributed by atoms with Crippen LogP contribution in [-0.2, 0) is 11.3 Å². The van der Waals surface area contributed by atoms with Crippen molar-refractivity contribution in [1.82, 2.24) is 0 Å². The first kappa shape index (κ1) is 14.4. The summed E-state index contributed by atoms with van der Waals surface area (Å²) in [6, 6.07) is 7.44. The Hall–Kier alpha value is -1.63. The highest BCUT2D eigenvalue weighted by Crippen LogP contribution is 2.14. The molecule has 100 valence electrons. The topological polar surface area (TPSA) is 120 Å². The SMILES string of the molecule is NCCOCc1ccc(C(O)CN=C(N)N)cc1. The Balaban J connectivity index is 2.51.